The van der Waals surface area contributed by atoms with Crippen molar-refractivity contribution >= 4 is 11.7 Å². The molecule has 0 radical (unpaired) electrons. The van der Waals surface area contributed by atoms with Crippen molar-refractivity contribution in [1.82, 2.24) is 5.32 Å². The van der Waals surface area contributed by atoms with Crippen LogP contribution in [0.4, 0.5) is 0 Å². The fraction of sp³-hybridized carbons (Fsp3) is 0.429. The zero-order valence-corrected chi connectivity index (χ0v) is 10.4. The Hall–Kier alpha value is -1.68. The van der Waals surface area contributed by atoms with Crippen LogP contribution in [0.25, 0.3) is 0 Å². The Kier molecular flexibility index (Phi) is 4.10. The van der Waals surface area contributed by atoms with Gasteiger partial charge < -0.3 is 10.1 Å². The monoisotopic (exact) mass is 247 g/mol. The minimum atomic E-state index is -0.134. The summed E-state index contributed by atoms with van der Waals surface area (Å²) < 4.78 is 5.25. The van der Waals surface area contributed by atoms with E-state index in [1.165, 1.54) is 6.92 Å². The van der Waals surface area contributed by atoms with Crippen LogP contribution >= 0.6 is 0 Å². The minimum Gasteiger partial charge on any atom is -0.381 e. The number of hydrogen-bond acceptors (Lipinski definition) is 3. The molecule has 96 valence electrons. The van der Waals surface area contributed by atoms with Crippen molar-refractivity contribution in [2.45, 2.75) is 13.3 Å². The van der Waals surface area contributed by atoms with Gasteiger partial charge in [-0.2, -0.15) is 0 Å². The van der Waals surface area contributed by atoms with E-state index in [9.17, 15) is 9.59 Å². The van der Waals surface area contributed by atoms with Gasteiger partial charge in [0, 0.05) is 30.2 Å². The molecule has 1 N–H and O–H groups in total. The summed E-state index contributed by atoms with van der Waals surface area (Å²) in [6.07, 6.45) is 0.994. The molecule has 1 fully saturated rings. The second kappa shape index (κ2) is 5.78. The van der Waals surface area contributed by atoms with Gasteiger partial charge in [0.2, 0.25) is 0 Å². The highest BCUT2D eigenvalue weighted by Gasteiger charge is 2.16. The summed E-state index contributed by atoms with van der Waals surface area (Å²) in [5.74, 6) is 0.240. The van der Waals surface area contributed by atoms with E-state index in [4.69, 9.17) is 4.74 Å². The molecule has 1 amide bonds. The zero-order chi connectivity index (χ0) is 13.0. The summed E-state index contributed by atoms with van der Waals surface area (Å²) in [4.78, 5) is 23.2. The number of carbonyl (C=O) groups is 2. The van der Waals surface area contributed by atoms with Crippen molar-refractivity contribution in [1.29, 1.82) is 0 Å². The largest absolute Gasteiger partial charge is 0.381 e. The minimum absolute atomic E-state index is 0.0335. The molecule has 1 atom stereocenters. The third-order valence-corrected chi connectivity index (χ3v) is 3.11. The number of hydrogen-bond donors (Lipinski definition) is 1. The number of benzene rings is 1. The first-order valence-corrected chi connectivity index (χ1v) is 6.14. The van der Waals surface area contributed by atoms with Crippen molar-refractivity contribution in [3.05, 3.63) is 35.4 Å². The molecule has 1 aliphatic heterocycles. The number of carbonyl (C=O) groups excluding carboxylic acids is 2. The summed E-state index contributed by atoms with van der Waals surface area (Å²) in [6, 6.07) is 6.78. The summed E-state index contributed by atoms with van der Waals surface area (Å²) in [5, 5.41) is 2.88. The van der Waals surface area contributed by atoms with E-state index in [-0.39, 0.29) is 11.7 Å². The van der Waals surface area contributed by atoms with Gasteiger partial charge in [0.1, 0.15) is 0 Å². The van der Waals surface area contributed by atoms with Crippen molar-refractivity contribution in [2.24, 2.45) is 5.92 Å². The third kappa shape index (κ3) is 3.17. The molecule has 4 nitrogen and oxygen atoms in total. The van der Waals surface area contributed by atoms with E-state index in [0.29, 0.717) is 30.2 Å². The topological polar surface area (TPSA) is 55.4 Å². The fourth-order valence-electron chi connectivity index (χ4n) is 1.96. The molecule has 0 saturated carbocycles. The van der Waals surface area contributed by atoms with Crippen LogP contribution in [0, 0.1) is 5.92 Å². The van der Waals surface area contributed by atoms with Gasteiger partial charge >= 0.3 is 0 Å². The maximum absolute atomic E-state index is 11.9. The van der Waals surface area contributed by atoms with Gasteiger partial charge in [0.05, 0.1) is 6.61 Å². The van der Waals surface area contributed by atoms with E-state index in [1.807, 2.05) is 0 Å². The highest BCUT2D eigenvalue weighted by molar-refractivity contribution is 5.99. The van der Waals surface area contributed by atoms with Gasteiger partial charge in [-0.15, -0.1) is 0 Å². The lowest BCUT2D eigenvalue weighted by Crippen LogP contribution is -2.29. The first kappa shape index (κ1) is 12.8. The molecule has 1 aromatic rings. The molecule has 0 aliphatic carbocycles. The van der Waals surface area contributed by atoms with Gasteiger partial charge in [-0.1, -0.05) is 12.1 Å². The van der Waals surface area contributed by atoms with Crippen molar-refractivity contribution in [3.63, 3.8) is 0 Å². The highest BCUT2D eigenvalue weighted by atomic mass is 16.5. The molecule has 1 aromatic carbocycles. The van der Waals surface area contributed by atoms with Gasteiger partial charge in [-0.05, 0) is 25.5 Å². The average Bonchev–Trinajstić information content (AvgIpc) is 2.89. The van der Waals surface area contributed by atoms with E-state index >= 15 is 0 Å². The Labute approximate surface area is 106 Å². The van der Waals surface area contributed by atoms with Crippen LogP contribution < -0.4 is 5.32 Å². The van der Waals surface area contributed by atoms with Crippen molar-refractivity contribution in [2.75, 3.05) is 19.8 Å². The fourth-order valence-corrected chi connectivity index (χ4v) is 1.96. The summed E-state index contributed by atoms with van der Waals surface area (Å²) in [6.45, 7) is 3.62. The van der Waals surface area contributed by atoms with Crippen LogP contribution in [0.2, 0.25) is 0 Å². The molecule has 0 spiro atoms. The number of nitrogens with one attached hydrogen (secondary N) is 1. The summed E-state index contributed by atoms with van der Waals surface area (Å²) >= 11 is 0. The maximum atomic E-state index is 11.9. The molecule has 0 unspecified atom stereocenters. The smallest absolute Gasteiger partial charge is 0.251 e. The molecule has 18 heavy (non-hydrogen) atoms. The lowest BCUT2D eigenvalue weighted by atomic mass is 10.1. The molecule has 0 aromatic heterocycles. The number of rotatable bonds is 4. The SMILES string of the molecule is CC(=O)c1cccc(C(=O)NC[C@@H]2CCOC2)c1. The van der Waals surface area contributed by atoms with Gasteiger partial charge in [-0.25, -0.2) is 0 Å². The van der Waals surface area contributed by atoms with Gasteiger partial charge in [-0.3, -0.25) is 9.59 Å². The molecular weight excluding hydrogens is 230 g/mol. The number of Topliss-reactive ketones (excluding diaryl/α,β-unsaturated/α-hetero) is 1. The number of amides is 1. The Morgan fingerprint density at radius 2 is 2.17 bits per heavy atom. The van der Waals surface area contributed by atoms with Crippen LogP contribution in [0.1, 0.15) is 34.1 Å². The predicted molar refractivity (Wildman–Crippen MR) is 67.7 cm³/mol. The number of ether oxygens (including phenoxy) is 1. The predicted octanol–water partition coefficient (Wildman–Crippen LogP) is 1.66. The third-order valence-electron chi connectivity index (χ3n) is 3.11. The first-order valence-electron chi connectivity index (χ1n) is 6.14. The summed E-state index contributed by atoms with van der Waals surface area (Å²) in [5.41, 5.74) is 1.09. The molecular formula is C14H17NO3. The van der Waals surface area contributed by atoms with Crippen molar-refractivity contribution < 1.29 is 14.3 Å². The molecule has 2 rings (SSSR count). The Balaban J connectivity index is 1.95. The van der Waals surface area contributed by atoms with Crippen LogP contribution in [-0.4, -0.2) is 31.4 Å². The standard InChI is InChI=1S/C14H17NO3/c1-10(16)12-3-2-4-13(7-12)14(17)15-8-11-5-6-18-9-11/h2-4,7,11H,5-6,8-9H2,1H3,(H,15,17)/t11-/m0/s1. The van der Waals surface area contributed by atoms with E-state index in [1.54, 1.807) is 24.3 Å². The average molecular weight is 247 g/mol. The van der Waals surface area contributed by atoms with E-state index in [0.717, 1.165) is 13.0 Å². The molecule has 1 heterocycles. The first-order chi connectivity index (χ1) is 8.66. The van der Waals surface area contributed by atoms with Crippen LogP contribution in [0.5, 0.6) is 0 Å². The second-order valence-corrected chi connectivity index (χ2v) is 4.58. The zero-order valence-electron chi connectivity index (χ0n) is 10.4. The van der Waals surface area contributed by atoms with Gasteiger partial charge in [0.25, 0.3) is 5.91 Å². The van der Waals surface area contributed by atoms with Crippen LogP contribution in [0.3, 0.4) is 0 Å². The highest BCUT2D eigenvalue weighted by Crippen LogP contribution is 2.11. The molecule has 0 bridgehead atoms. The Bertz CT molecular complexity index is 450. The summed E-state index contributed by atoms with van der Waals surface area (Å²) in [7, 11) is 0. The maximum Gasteiger partial charge on any atom is 0.251 e. The number of ketones is 1. The van der Waals surface area contributed by atoms with E-state index < -0.39 is 0 Å². The molecule has 1 saturated heterocycles. The van der Waals surface area contributed by atoms with E-state index in [2.05, 4.69) is 5.32 Å². The normalized spacial score (nSPS) is 18.6. The molecule has 4 heteroatoms. The van der Waals surface area contributed by atoms with Crippen molar-refractivity contribution in [3.8, 4) is 0 Å². The second-order valence-electron chi connectivity index (χ2n) is 4.58. The lowest BCUT2D eigenvalue weighted by molar-refractivity contribution is 0.0945. The lowest BCUT2D eigenvalue weighted by Gasteiger charge is -2.09. The quantitative estimate of drug-likeness (QED) is 0.823. The van der Waals surface area contributed by atoms with Crippen LogP contribution in [0.15, 0.2) is 24.3 Å². The Morgan fingerprint density at radius 1 is 1.39 bits per heavy atom. The molecule has 1 aliphatic rings. The van der Waals surface area contributed by atoms with Gasteiger partial charge in [0.15, 0.2) is 5.78 Å². The van der Waals surface area contributed by atoms with Crippen LogP contribution in [-0.2, 0) is 4.74 Å². The Morgan fingerprint density at radius 3 is 2.83 bits per heavy atom.